The maximum Gasteiger partial charge on any atom is 0.137 e. The fourth-order valence-electron chi connectivity index (χ4n) is 1.83. The summed E-state index contributed by atoms with van der Waals surface area (Å²) in [7, 11) is 1.60. The molecule has 0 aliphatic rings. The molecule has 6 heteroatoms. The molecule has 0 radical (unpaired) electrons. The predicted molar refractivity (Wildman–Crippen MR) is 90.6 cm³/mol. The summed E-state index contributed by atoms with van der Waals surface area (Å²) in [6.07, 6.45) is 0. The van der Waals surface area contributed by atoms with Crippen LogP contribution in [0.1, 0.15) is 16.0 Å². The number of methoxy groups -OCH3 is 1. The number of benzene rings is 2. The second-order valence-electron chi connectivity index (χ2n) is 4.05. The zero-order chi connectivity index (χ0) is 14.9. The fraction of sp³-hybridized carbons (Fsp3) is 0.143. The second-order valence-corrected chi connectivity index (χ2v) is 7.11. The Balaban J connectivity index is 2.52. The Bertz CT molecular complexity index is 649. The summed E-state index contributed by atoms with van der Waals surface area (Å²) in [5.74, 6) is 0.393. The molecule has 0 spiro atoms. The van der Waals surface area contributed by atoms with E-state index in [1.165, 1.54) is 6.07 Å². The Morgan fingerprint density at radius 3 is 2.45 bits per heavy atom. The highest BCUT2D eigenvalue weighted by Crippen LogP contribution is 2.42. The smallest absolute Gasteiger partial charge is 0.137 e. The van der Waals surface area contributed by atoms with E-state index in [0.717, 1.165) is 15.6 Å². The van der Waals surface area contributed by atoms with Crippen molar-refractivity contribution in [2.75, 3.05) is 7.11 Å². The summed E-state index contributed by atoms with van der Waals surface area (Å²) in [5.41, 5.74) is 1.76. The number of halogens is 5. The highest BCUT2D eigenvalue weighted by atomic mass is 79.9. The highest BCUT2D eigenvalue weighted by Gasteiger charge is 2.19. The molecule has 0 aliphatic heterocycles. The van der Waals surface area contributed by atoms with Crippen molar-refractivity contribution in [3.05, 3.63) is 61.2 Å². The molecule has 2 aromatic carbocycles. The number of hydrogen-bond donors (Lipinski definition) is 0. The molecular weight excluding hydrogens is 478 g/mol. The van der Waals surface area contributed by atoms with Crippen LogP contribution in [0.15, 0.2) is 39.3 Å². The molecule has 2 rings (SSSR count). The van der Waals surface area contributed by atoms with Crippen molar-refractivity contribution in [2.24, 2.45) is 0 Å². The predicted octanol–water partition coefficient (Wildman–Crippen LogP) is 6.50. The molecule has 0 saturated heterocycles. The van der Waals surface area contributed by atoms with Crippen molar-refractivity contribution in [1.29, 1.82) is 0 Å². The van der Waals surface area contributed by atoms with Crippen LogP contribution in [0, 0.1) is 5.82 Å². The van der Waals surface area contributed by atoms with E-state index < -0.39 is 0 Å². The molecule has 0 saturated carbocycles. The van der Waals surface area contributed by atoms with Crippen molar-refractivity contribution >= 4 is 59.4 Å². The van der Waals surface area contributed by atoms with Crippen LogP contribution in [-0.4, -0.2) is 7.11 Å². The third kappa shape index (κ3) is 3.38. The maximum atomic E-state index is 13.3. The Kier molecular flexibility index (Phi) is 5.51. The van der Waals surface area contributed by atoms with Crippen LogP contribution in [0.3, 0.4) is 0 Å². The third-order valence-corrected chi connectivity index (χ3v) is 5.19. The van der Waals surface area contributed by atoms with E-state index in [0.29, 0.717) is 15.2 Å². The molecule has 0 N–H and O–H groups in total. The van der Waals surface area contributed by atoms with E-state index in [1.54, 1.807) is 25.3 Å². The van der Waals surface area contributed by atoms with Gasteiger partial charge in [-0.05, 0) is 61.7 Å². The van der Waals surface area contributed by atoms with Gasteiger partial charge >= 0.3 is 0 Å². The average Bonchev–Trinajstić information content (AvgIpc) is 2.40. The summed E-state index contributed by atoms with van der Waals surface area (Å²) in [4.78, 5) is -0.163. The van der Waals surface area contributed by atoms with E-state index in [-0.39, 0.29) is 10.6 Å². The molecule has 0 amide bonds. The van der Waals surface area contributed by atoms with Gasteiger partial charge in [0.2, 0.25) is 0 Å². The lowest BCUT2D eigenvalue weighted by molar-refractivity contribution is 0.408. The van der Waals surface area contributed by atoms with Crippen LogP contribution in [0.5, 0.6) is 5.75 Å². The van der Waals surface area contributed by atoms with Gasteiger partial charge in [0.15, 0.2) is 0 Å². The monoisotopic (exact) mass is 484 g/mol. The fourth-order valence-corrected chi connectivity index (χ4v) is 3.85. The Morgan fingerprint density at radius 2 is 1.85 bits per heavy atom. The molecule has 0 aromatic heterocycles. The quantitative estimate of drug-likeness (QED) is 0.450. The van der Waals surface area contributed by atoms with Crippen LogP contribution in [0.25, 0.3) is 0 Å². The molecule has 1 atom stereocenters. The largest absolute Gasteiger partial charge is 0.495 e. The van der Waals surface area contributed by atoms with Crippen molar-refractivity contribution in [3.8, 4) is 5.75 Å². The van der Waals surface area contributed by atoms with Crippen LogP contribution in [-0.2, 0) is 0 Å². The lowest BCUT2D eigenvalue weighted by atomic mass is 10.0. The van der Waals surface area contributed by atoms with E-state index in [2.05, 4.69) is 47.8 Å². The van der Waals surface area contributed by atoms with Gasteiger partial charge in [-0.15, -0.1) is 0 Å². The molecule has 2 aromatic rings. The zero-order valence-electron chi connectivity index (χ0n) is 10.3. The first kappa shape index (κ1) is 16.3. The van der Waals surface area contributed by atoms with Gasteiger partial charge in [-0.2, -0.15) is 0 Å². The third-order valence-electron chi connectivity index (χ3n) is 2.75. The van der Waals surface area contributed by atoms with Crippen molar-refractivity contribution in [3.63, 3.8) is 0 Å². The van der Waals surface area contributed by atoms with E-state index in [9.17, 15) is 4.39 Å². The number of rotatable bonds is 3. The summed E-state index contributed by atoms with van der Waals surface area (Å²) in [5, 5.41) is 0.596. The number of alkyl halides is 1. The normalized spacial score (nSPS) is 12.3. The van der Waals surface area contributed by atoms with Crippen molar-refractivity contribution in [2.45, 2.75) is 4.83 Å². The Morgan fingerprint density at radius 1 is 1.15 bits per heavy atom. The van der Waals surface area contributed by atoms with Gasteiger partial charge in [0.1, 0.15) is 11.6 Å². The van der Waals surface area contributed by atoms with E-state index >= 15 is 0 Å². The molecule has 0 fully saturated rings. The molecule has 0 heterocycles. The van der Waals surface area contributed by atoms with Crippen molar-refractivity contribution < 1.29 is 9.13 Å². The van der Waals surface area contributed by atoms with E-state index in [1.807, 2.05) is 6.07 Å². The summed E-state index contributed by atoms with van der Waals surface area (Å²) in [6, 6.07) is 8.45. The minimum Gasteiger partial charge on any atom is -0.495 e. The van der Waals surface area contributed by atoms with Gasteiger partial charge in [-0.25, -0.2) is 4.39 Å². The van der Waals surface area contributed by atoms with Gasteiger partial charge in [-0.1, -0.05) is 33.6 Å². The van der Waals surface area contributed by atoms with Crippen LogP contribution < -0.4 is 4.74 Å². The van der Waals surface area contributed by atoms with Gasteiger partial charge in [0.05, 0.1) is 20.9 Å². The maximum absolute atomic E-state index is 13.3. The van der Waals surface area contributed by atoms with Gasteiger partial charge in [0, 0.05) is 10.6 Å². The van der Waals surface area contributed by atoms with Gasteiger partial charge in [-0.3, -0.25) is 0 Å². The molecule has 0 bridgehead atoms. The van der Waals surface area contributed by atoms with E-state index in [4.69, 9.17) is 16.3 Å². The zero-order valence-corrected chi connectivity index (χ0v) is 15.8. The number of hydrogen-bond acceptors (Lipinski definition) is 1. The van der Waals surface area contributed by atoms with Gasteiger partial charge < -0.3 is 4.74 Å². The average molecular weight is 487 g/mol. The molecular formula is C14H9Br3ClFO. The first-order chi connectivity index (χ1) is 9.43. The minimum absolute atomic E-state index is 0.163. The second kappa shape index (κ2) is 6.77. The lowest BCUT2D eigenvalue weighted by Crippen LogP contribution is -1.99. The Hall–Kier alpha value is -0.100. The minimum atomic E-state index is -0.298. The van der Waals surface area contributed by atoms with Crippen LogP contribution >= 0.6 is 59.4 Å². The standard InChI is InChI=1S/C14H9Br3ClFO/c1-20-14-9(5-8(18)6-11(14)16)13(17)7-2-3-12(19)10(15)4-7/h2-6,13H,1H3. The van der Waals surface area contributed by atoms with Crippen LogP contribution in [0.2, 0.25) is 5.02 Å². The molecule has 20 heavy (non-hydrogen) atoms. The molecule has 1 unspecified atom stereocenters. The first-order valence-corrected chi connectivity index (χ1v) is 8.44. The highest BCUT2D eigenvalue weighted by molar-refractivity contribution is 9.11. The number of ether oxygens (including phenoxy) is 1. The summed E-state index contributed by atoms with van der Waals surface area (Å²) in [6.45, 7) is 0. The van der Waals surface area contributed by atoms with Crippen LogP contribution in [0.4, 0.5) is 4.39 Å². The topological polar surface area (TPSA) is 9.23 Å². The SMILES string of the molecule is COc1c(Br)cc(Cl)cc1C(Br)c1ccc(F)c(Br)c1. The first-order valence-electron chi connectivity index (χ1n) is 5.56. The Labute approximate surface area is 146 Å². The van der Waals surface area contributed by atoms with Gasteiger partial charge in [0.25, 0.3) is 0 Å². The molecule has 1 nitrogen and oxygen atoms in total. The lowest BCUT2D eigenvalue weighted by Gasteiger charge is -2.17. The summed E-state index contributed by atoms with van der Waals surface area (Å²) >= 11 is 16.3. The molecule has 106 valence electrons. The summed E-state index contributed by atoms with van der Waals surface area (Å²) < 4.78 is 19.9. The van der Waals surface area contributed by atoms with Crippen molar-refractivity contribution in [1.82, 2.24) is 0 Å². The molecule has 0 aliphatic carbocycles.